The van der Waals surface area contributed by atoms with Crippen molar-refractivity contribution in [1.82, 2.24) is 0 Å². The van der Waals surface area contributed by atoms with Gasteiger partial charge in [-0.25, -0.2) is 0 Å². The SMILES string of the molecule is CC(C)[C@@](C)(O)C#CC[NH+]1CCCCC1. The van der Waals surface area contributed by atoms with E-state index in [2.05, 4.69) is 11.8 Å². The molecule has 0 aromatic rings. The van der Waals surface area contributed by atoms with Crippen molar-refractivity contribution in [1.29, 1.82) is 0 Å². The van der Waals surface area contributed by atoms with Gasteiger partial charge >= 0.3 is 0 Å². The van der Waals surface area contributed by atoms with Crippen molar-refractivity contribution in [2.24, 2.45) is 5.92 Å². The Kier molecular flexibility index (Phi) is 4.63. The summed E-state index contributed by atoms with van der Waals surface area (Å²) in [5, 5.41) is 9.94. The molecule has 0 aromatic carbocycles. The molecule has 0 bridgehead atoms. The average molecular weight is 210 g/mol. The zero-order valence-corrected chi connectivity index (χ0v) is 10.3. The molecule has 0 aromatic heterocycles. The van der Waals surface area contributed by atoms with Crippen LogP contribution in [0.5, 0.6) is 0 Å². The predicted octanol–water partition coefficient (Wildman–Crippen LogP) is 0.466. The maximum Gasteiger partial charge on any atom is 0.139 e. The minimum atomic E-state index is -0.824. The van der Waals surface area contributed by atoms with Crippen LogP contribution in [-0.4, -0.2) is 30.3 Å². The lowest BCUT2D eigenvalue weighted by molar-refractivity contribution is -0.897. The summed E-state index contributed by atoms with van der Waals surface area (Å²) in [7, 11) is 0. The maximum atomic E-state index is 9.94. The highest BCUT2D eigenvalue weighted by Gasteiger charge is 2.21. The van der Waals surface area contributed by atoms with Crippen molar-refractivity contribution in [2.75, 3.05) is 19.6 Å². The number of piperidine rings is 1. The van der Waals surface area contributed by atoms with Gasteiger partial charge in [0.2, 0.25) is 0 Å². The fourth-order valence-corrected chi connectivity index (χ4v) is 1.72. The van der Waals surface area contributed by atoms with Gasteiger partial charge in [0.1, 0.15) is 12.1 Å². The lowest BCUT2D eigenvalue weighted by Gasteiger charge is -2.22. The van der Waals surface area contributed by atoms with Gasteiger partial charge in [-0.05, 0) is 38.0 Å². The van der Waals surface area contributed by atoms with Crippen molar-refractivity contribution in [3.63, 3.8) is 0 Å². The first-order chi connectivity index (χ1) is 7.02. The number of aliphatic hydroxyl groups is 1. The second kappa shape index (κ2) is 5.53. The maximum absolute atomic E-state index is 9.94. The van der Waals surface area contributed by atoms with Gasteiger partial charge in [0, 0.05) is 0 Å². The van der Waals surface area contributed by atoms with Gasteiger partial charge in [0.25, 0.3) is 0 Å². The summed E-state index contributed by atoms with van der Waals surface area (Å²) in [6.45, 7) is 9.20. The van der Waals surface area contributed by atoms with E-state index in [1.807, 2.05) is 13.8 Å². The van der Waals surface area contributed by atoms with Crippen molar-refractivity contribution < 1.29 is 10.0 Å². The fraction of sp³-hybridized carbons (Fsp3) is 0.846. The first-order valence-corrected chi connectivity index (χ1v) is 6.08. The molecule has 0 unspecified atom stereocenters. The Morgan fingerprint density at radius 2 is 1.87 bits per heavy atom. The largest absolute Gasteiger partial charge is 0.378 e. The highest BCUT2D eigenvalue weighted by Crippen LogP contribution is 2.13. The molecule has 1 rings (SSSR count). The van der Waals surface area contributed by atoms with E-state index in [4.69, 9.17) is 0 Å². The molecule has 1 atom stereocenters. The van der Waals surface area contributed by atoms with Gasteiger partial charge in [-0.2, -0.15) is 0 Å². The highest BCUT2D eigenvalue weighted by atomic mass is 16.3. The molecule has 0 saturated carbocycles. The van der Waals surface area contributed by atoms with Crippen LogP contribution in [-0.2, 0) is 0 Å². The van der Waals surface area contributed by atoms with Gasteiger partial charge in [0.15, 0.2) is 0 Å². The number of quaternary nitrogens is 1. The van der Waals surface area contributed by atoms with Crippen molar-refractivity contribution in [3.05, 3.63) is 0 Å². The Morgan fingerprint density at radius 3 is 2.40 bits per heavy atom. The lowest BCUT2D eigenvalue weighted by Crippen LogP contribution is -3.12. The van der Waals surface area contributed by atoms with Gasteiger partial charge < -0.3 is 10.0 Å². The second-order valence-corrected chi connectivity index (χ2v) is 5.09. The molecule has 0 aliphatic carbocycles. The van der Waals surface area contributed by atoms with Crippen LogP contribution >= 0.6 is 0 Å². The molecular formula is C13H24NO+. The molecule has 0 amide bonds. The molecule has 1 aliphatic heterocycles. The zero-order chi connectivity index (χ0) is 11.3. The number of rotatable bonds is 2. The Hall–Kier alpha value is -0.520. The minimum absolute atomic E-state index is 0.196. The van der Waals surface area contributed by atoms with E-state index in [0.717, 1.165) is 6.54 Å². The van der Waals surface area contributed by atoms with E-state index in [1.165, 1.54) is 32.4 Å². The molecule has 2 N–H and O–H groups in total. The van der Waals surface area contributed by atoms with Crippen molar-refractivity contribution >= 4 is 0 Å². The Balaban J connectivity index is 2.37. The first kappa shape index (κ1) is 12.5. The van der Waals surface area contributed by atoms with Crippen LogP contribution in [0.3, 0.4) is 0 Å². The normalized spacial score (nSPS) is 21.9. The van der Waals surface area contributed by atoms with E-state index >= 15 is 0 Å². The highest BCUT2D eigenvalue weighted by molar-refractivity contribution is 5.13. The quantitative estimate of drug-likeness (QED) is 0.636. The predicted molar refractivity (Wildman–Crippen MR) is 62.7 cm³/mol. The summed E-state index contributed by atoms with van der Waals surface area (Å²) < 4.78 is 0. The van der Waals surface area contributed by atoms with Crippen LogP contribution in [0, 0.1) is 17.8 Å². The van der Waals surface area contributed by atoms with Crippen molar-refractivity contribution in [2.45, 2.75) is 45.6 Å². The summed E-state index contributed by atoms with van der Waals surface area (Å²) in [6.07, 6.45) is 4.04. The summed E-state index contributed by atoms with van der Waals surface area (Å²) >= 11 is 0. The van der Waals surface area contributed by atoms with Gasteiger partial charge in [-0.15, -0.1) is 0 Å². The Morgan fingerprint density at radius 1 is 1.27 bits per heavy atom. The van der Waals surface area contributed by atoms with Gasteiger partial charge in [-0.3, -0.25) is 0 Å². The number of hydrogen-bond donors (Lipinski definition) is 2. The summed E-state index contributed by atoms with van der Waals surface area (Å²) in [6, 6.07) is 0. The zero-order valence-electron chi connectivity index (χ0n) is 10.3. The first-order valence-electron chi connectivity index (χ1n) is 6.08. The van der Waals surface area contributed by atoms with E-state index < -0.39 is 5.60 Å². The van der Waals surface area contributed by atoms with Crippen LogP contribution in [0.25, 0.3) is 0 Å². The van der Waals surface area contributed by atoms with Crippen molar-refractivity contribution in [3.8, 4) is 11.8 Å². The van der Waals surface area contributed by atoms with Crippen LogP contribution in [0.2, 0.25) is 0 Å². The number of nitrogens with one attached hydrogen (secondary N) is 1. The average Bonchev–Trinajstić information content (AvgIpc) is 2.19. The monoisotopic (exact) mass is 210 g/mol. The molecule has 0 spiro atoms. The van der Waals surface area contributed by atoms with E-state index in [9.17, 15) is 5.11 Å². The molecule has 1 heterocycles. The lowest BCUT2D eigenvalue weighted by atomic mass is 9.93. The van der Waals surface area contributed by atoms with Crippen LogP contribution in [0.15, 0.2) is 0 Å². The topological polar surface area (TPSA) is 24.7 Å². The van der Waals surface area contributed by atoms with E-state index in [-0.39, 0.29) is 5.92 Å². The van der Waals surface area contributed by atoms with Crippen LogP contribution < -0.4 is 4.90 Å². The smallest absolute Gasteiger partial charge is 0.139 e. The van der Waals surface area contributed by atoms with Gasteiger partial charge in [-0.1, -0.05) is 19.8 Å². The third-order valence-electron chi connectivity index (χ3n) is 3.36. The number of likely N-dealkylation sites (tertiary alicyclic amines) is 1. The molecule has 0 radical (unpaired) electrons. The second-order valence-electron chi connectivity index (χ2n) is 5.09. The molecule has 2 heteroatoms. The fourth-order valence-electron chi connectivity index (χ4n) is 1.72. The molecule has 15 heavy (non-hydrogen) atoms. The summed E-state index contributed by atoms with van der Waals surface area (Å²) in [5.41, 5.74) is -0.824. The van der Waals surface area contributed by atoms with Crippen LogP contribution in [0.4, 0.5) is 0 Å². The third kappa shape index (κ3) is 4.24. The minimum Gasteiger partial charge on any atom is -0.378 e. The van der Waals surface area contributed by atoms with Gasteiger partial charge in [0.05, 0.1) is 13.1 Å². The summed E-state index contributed by atoms with van der Waals surface area (Å²) in [5.74, 6) is 6.33. The summed E-state index contributed by atoms with van der Waals surface area (Å²) in [4.78, 5) is 1.58. The molecule has 1 fully saturated rings. The molecule has 1 saturated heterocycles. The van der Waals surface area contributed by atoms with E-state index in [1.54, 1.807) is 11.8 Å². The molecule has 2 nitrogen and oxygen atoms in total. The molecule has 1 aliphatic rings. The standard InChI is InChI=1S/C13H23NO/c1-12(2)13(3,15)8-7-11-14-9-5-4-6-10-14/h12,15H,4-6,9-11H2,1-3H3/p+1/t13-/m0/s1. The Bertz CT molecular complexity index is 241. The molecular weight excluding hydrogens is 186 g/mol. The molecule has 86 valence electrons. The van der Waals surface area contributed by atoms with E-state index in [0.29, 0.717) is 0 Å². The number of hydrogen-bond acceptors (Lipinski definition) is 1. The van der Waals surface area contributed by atoms with Crippen LogP contribution in [0.1, 0.15) is 40.0 Å². The Labute approximate surface area is 93.7 Å². The third-order valence-corrected chi connectivity index (χ3v) is 3.36.